The third-order valence-corrected chi connectivity index (χ3v) is 3.59. The third-order valence-electron chi connectivity index (χ3n) is 3.59. The maximum Gasteiger partial charge on any atom is 0.219 e. The summed E-state index contributed by atoms with van der Waals surface area (Å²) in [6, 6.07) is 1.75. The van der Waals surface area contributed by atoms with Gasteiger partial charge in [0.15, 0.2) is 0 Å². The Bertz CT molecular complexity index is 252. The van der Waals surface area contributed by atoms with E-state index in [0.717, 1.165) is 12.5 Å². The van der Waals surface area contributed by atoms with Gasteiger partial charge in [0.25, 0.3) is 0 Å². The fourth-order valence-corrected chi connectivity index (χ4v) is 2.89. The van der Waals surface area contributed by atoms with Crippen LogP contribution in [0, 0.1) is 5.92 Å². The smallest absolute Gasteiger partial charge is 0.219 e. The summed E-state index contributed by atoms with van der Waals surface area (Å²) < 4.78 is 0. The van der Waals surface area contributed by atoms with E-state index in [-0.39, 0.29) is 5.91 Å². The van der Waals surface area contributed by atoms with Crippen molar-refractivity contribution in [3.63, 3.8) is 0 Å². The standard InChI is InChI=1S/C12H22N2O/c1-8(2)13-11-7-10(11)12-5-4-6-14(12)9(3)15/h8,10-13H,4-7H2,1-3H3. The topological polar surface area (TPSA) is 32.3 Å². The third kappa shape index (κ3) is 2.33. The van der Waals surface area contributed by atoms with Crippen LogP contribution in [0.25, 0.3) is 0 Å². The molecule has 1 saturated heterocycles. The molecule has 0 bridgehead atoms. The Morgan fingerprint density at radius 1 is 1.47 bits per heavy atom. The van der Waals surface area contributed by atoms with Gasteiger partial charge < -0.3 is 10.2 Å². The molecule has 0 aromatic carbocycles. The largest absolute Gasteiger partial charge is 0.340 e. The number of carbonyl (C=O) groups excluding carboxylic acids is 1. The Labute approximate surface area is 92.2 Å². The van der Waals surface area contributed by atoms with Gasteiger partial charge in [0.2, 0.25) is 5.91 Å². The van der Waals surface area contributed by atoms with Gasteiger partial charge in [-0.3, -0.25) is 4.79 Å². The second-order valence-electron chi connectivity index (χ2n) is 5.25. The first-order valence-corrected chi connectivity index (χ1v) is 6.13. The van der Waals surface area contributed by atoms with Crippen molar-refractivity contribution in [2.24, 2.45) is 5.92 Å². The first kappa shape index (κ1) is 10.9. The second kappa shape index (κ2) is 4.12. The van der Waals surface area contributed by atoms with Crippen LogP contribution in [0.4, 0.5) is 0 Å². The van der Waals surface area contributed by atoms with Crippen molar-refractivity contribution in [3.05, 3.63) is 0 Å². The van der Waals surface area contributed by atoms with Gasteiger partial charge in [-0.15, -0.1) is 0 Å². The zero-order valence-electron chi connectivity index (χ0n) is 9.99. The average Bonchev–Trinajstić information content (AvgIpc) is 2.73. The lowest BCUT2D eigenvalue weighted by atomic mass is 10.1. The molecule has 0 aromatic heterocycles. The molecule has 2 rings (SSSR count). The summed E-state index contributed by atoms with van der Waals surface area (Å²) in [5.74, 6) is 0.978. The molecule has 0 radical (unpaired) electrons. The van der Waals surface area contributed by atoms with E-state index in [1.165, 1.54) is 19.3 Å². The number of rotatable bonds is 3. The van der Waals surface area contributed by atoms with E-state index in [1.807, 2.05) is 0 Å². The molecule has 3 heteroatoms. The molecule has 3 nitrogen and oxygen atoms in total. The van der Waals surface area contributed by atoms with Crippen LogP contribution in [0.2, 0.25) is 0 Å². The van der Waals surface area contributed by atoms with E-state index in [9.17, 15) is 4.79 Å². The first-order chi connectivity index (χ1) is 7.09. The first-order valence-electron chi connectivity index (χ1n) is 6.13. The summed E-state index contributed by atoms with van der Waals surface area (Å²) in [4.78, 5) is 13.5. The quantitative estimate of drug-likeness (QED) is 0.763. The van der Waals surface area contributed by atoms with Crippen LogP contribution in [0.15, 0.2) is 0 Å². The highest BCUT2D eigenvalue weighted by Crippen LogP contribution is 2.40. The zero-order chi connectivity index (χ0) is 11.0. The Balaban J connectivity index is 1.87. The van der Waals surface area contributed by atoms with Gasteiger partial charge >= 0.3 is 0 Å². The van der Waals surface area contributed by atoms with Crippen molar-refractivity contribution >= 4 is 5.91 Å². The molecule has 1 N–H and O–H groups in total. The van der Waals surface area contributed by atoms with Gasteiger partial charge in [-0.1, -0.05) is 13.8 Å². The Kier molecular flexibility index (Phi) is 3.01. The van der Waals surface area contributed by atoms with E-state index < -0.39 is 0 Å². The number of nitrogens with zero attached hydrogens (tertiary/aromatic N) is 1. The van der Waals surface area contributed by atoms with Crippen molar-refractivity contribution in [1.82, 2.24) is 10.2 Å². The Morgan fingerprint density at radius 3 is 2.80 bits per heavy atom. The van der Waals surface area contributed by atoms with Crippen molar-refractivity contribution in [2.75, 3.05) is 6.54 Å². The molecule has 3 atom stereocenters. The molecular formula is C12H22N2O. The highest BCUT2D eigenvalue weighted by molar-refractivity contribution is 5.74. The van der Waals surface area contributed by atoms with Gasteiger partial charge in [-0.25, -0.2) is 0 Å². The minimum Gasteiger partial charge on any atom is -0.340 e. The van der Waals surface area contributed by atoms with E-state index in [0.29, 0.717) is 18.1 Å². The molecule has 2 aliphatic rings. The number of hydrogen-bond acceptors (Lipinski definition) is 2. The lowest BCUT2D eigenvalue weighted by Gasteiger charge is -2.23. The predicted molar refractivity (Wildman–Crippen MR) is 60.6 cm³/mol. The molecule has 1 heterocycles. The van der Waals surface area contributed by atoms with Crippen LogP contribution in [0.1, 0.15) is 40.0 Å². The van der Waals surface area contributed by atoms with Crippen LogP contribution >= 0.6 is 0 Å². The molecule has 0 aromatic rings. The lowest BCUT2D eigenvalue weighted by Crippen LogP contribution is -2.38. The fourth-order valence-electron chi connectivity index (χ4n) is 2.89. The van der Waals surface area contributed by atoms with Gasteiger partial charge in [0.1, 0.15) is 0 Å². The number of amides is 1. The Morgan fingerprint density at radius 2 is 2.20 bits per heavy atom. The highest BCUT2D eigenvalue weighted by atomic mass is 16.2. The average molecular weight is 210 g/mol. The fraction of sp³-hybridized carbons (Fsp3) is 0.917. The number of carbonyl (C=O) groups is 1. The van der Waals surface area contributed by atoms with E-state index in [4.69, 9.17) is 0 Å². The van der Waals surface area contributed by atoms with E-state index in [2.05, 4.69) is 24.1 Å². The van der Waals surface area contributed by atoms with E-state index >= 15 is 0 Å². The molecule has 1 amide bonds. The summed E-state index contributed by atoms with van der Waals surface area (Å²) >= 11 is 0. The monoisotopic (exact) mass is 210 g/mol. The highest BCUT2D eigenvalue weighted by Gasteiger charge is 2.47. The molecule has 1 aliphatic carbocycles. The minimum absolute atomic E-state index is 0.257. The van der Waals surface area contributed by atoms with Crippen LogP contribution in [-0.2, 0) is 4.79 Å². The molecule has 0 spiro atoms. The van der Waals surface area contributed by atoms with Gasteiger partial charge in [0.05, 0.1) is 0 Å². The molecule has 1 saturated carbocycles. The summed E-state index contributed by atoms with van der Waals surface area (Å²) in [6.45, 7) is 7.05. The zero-order valence-corrected chi connectivity index (χ0v) is 9.99. The molecule has 15 heavy (non-hydrogen) atoms. The minimum atomic E-state index is 0.257. The maximum absolute atomic E-state index is 11.4. The summed E-state index contributed by atoms with van der Waals surface area (Å²) in [5.41, 5.74) is 0. The molecular weight excluding hydrogens is 188 g/mol. The van der Waals surface area contributed by atoms with Gasteiger partial charge in [-0.05, 0) is 25.2 Å². The summed E-state index contributed by atoms with van der Waals surface area (Å²) in [5, 5.41) is 3.57. The number of nitrogens with one attached hydrogen (secondary N) is 1. The molecule has 2 fully saturated rings. The number of likely N-dealkylation sites (tertiary alicyclic amines) is 1. The van der Waals surface area contributed by atoms with Gasteiger partial charge in [0, 0.05) is 31.6 Å². The lowest BCUT2D eigenvalue weighted by molar-refractivity contribution is -0.130. The van der Waals surface area contributed by atoms with Crippen LogP contribution in [0.5, 0.6) is 0 Å². The van der Waals surface area contributed by atoms with Crippen molar-refractivity contribution in [2.45, 2.75) is 58.2 Å². The van der Waals surface area contributed by atoms with Crippen molar-refractivity contribution in [3.8, 4) is 0 Å². The number of hydrogen-bond donors (Lipinski definition) is 1. The van der Waals surface area contributed by atoms with Crippen LogP contribution < -0.4 is 5.32 Å². The van der Waals surface area contributed by atoms with Crippen LogP contribution in [-0.4, -0.2) is 35.5 Å². The summed E-state index contributed by atoms with van der Waals surface area (Å²) in [6.07, 6.45) is 3.66. The molecule has 1 aliphatic heterocycles. The summed E-state index contributed by atoms with van der Waals surface area (Å²) in [7, 11) is 0. The normalized spacial score (nSPS) is 34.9. The maximum atomic E-state index is 11.4. The second-order valence-corrected chi connectivity index (χ2v) is 5.25. The van der Waals surface area contributed by atoms with Crippen LogP contribution in [0.3, 0.4) is 0 Å². The van der Waals surface area contributed by atoms with Gasteiger partial charge in [-0.2, -0.15) is 0 Å². The van der Waals surface area contributed by atoms with Crippen molar-refractivity contribution < 1.29 is 4.79 Å². The Hall–Kier alpha value is -0.570. The predicted octanol–water partition coefficient (Wildman–Crippen LogP) is 1.38. The van der Waals surface area contributed by atoms with Crippen molar-refractivity contribution in [1.29, 1.82) is 0 Å². The molecule has 86 valence electrons. The van der Waals surface area contributed by atoms with E-state index in [1.54, 1.807) is 6.92 Å². The SMILES string of the molecule is CC(=O)N1CCCC1C1CC1NC(C)C. The molecule has 3 unspecified atom stereocenters.